The van der Waals surface area contributed by atoms with Gasteiger partial charge in [0.25, 0.3) is 0 Å². The van der Waals surface area contributed by atoms with Gasteiger partial charge in [-0.25, -0.2) is 0 Å². The lowest BCUT2D eigenvalue weighted by Gasteiger charge is -2.23. The van der Waals surface area contributed by atoms with E-state index in [4.69, 9.17) is 0 Å². The topological polar surface area (TPSA) is 28.2 Å². The van der Waals surface area contributed by atoms with Crippen LogP contribution in [0.2, 0.25) is 0 Å². The highest BCUT2D eigenvalue weighted by Crippen LogP contribution is 2.11. The molecule has 1 atom stereocenters. The van der Waals surface area contributed by atoms with E-state index in [1.54, 1.807) is 0 Å². The summed E-state index contributed by atoms with van der Waals surface area (Å²) in [6.07, 6.45) is 3.13. The molecule has 0 saturated carbocycles. The Hall–Kier alpha value is -0.640. The van der Waals surface area contributed by atoms with Crippen LogP contribution in [0.4, 0.5) is 0 Å². The van der Waals surface area contributed by atoms with Crippen molar-refractivity contribution < 1.29 is 0 Å². The number of aryl methyl sites for hydroxylation is 1. The van der Waals surface area contributed by atoms with E-state index in [0.29, 0.717) is 6.04 Å². The Balaban J connectivity index is 0.00000128. The summed E-state index contributed by atoms with van der Waals surface area (Å²) in [4.78, 5) is 6.83. The van der Waals surface area contributed by atoms with Gasteiger partial charge in [0.1, 0.15) is 0 Å². The molecular formula is C12H20ClN3. The fourth-order valence-electron chi connectivity index (χ4n) is 2.06. The molecule has 3 nitrogen and oxygen atoms in total. The van der Waals surface area contributed by atoms with Gasteiger partial charge in [-0.3, -0.25) is 9.88 Å². The molecule has 0 bridgehead atoms. The second-order valence-electron chi connectivity index (χ2n) is 4.33. The first-order valence-corrected chi connectivity index (χ1v) is 5.59. The molecule has 1 aliphatic heterocycles. The Bertz CT molecular complexity index is 324. The normalized spacial score (nSPS) is 19.8. The first-order valence-electron chi connectivity index (χ1n) is 5.59. The van der Waals surface area contributed by atoms with Gasteiger partial charge in [0.2, 0.25) is 0 Å². The van der Waals surface area contributed by atoms with Crippen LogP contribution in [0, 0.1) is 6.92 Å². The summed E-state index contributed by atoms with van der Waals surface area (Å²) in [5, 5.41) is 3.39. The summed E-state index contributed by atoms with van der Waals surface area (Å²) in [5.41, 5.74) is 2.49. The lowest BCUT2D eigenvalue weighted by atomic mass is 10.2. The van der Waals surface area contributed by atoms with Crippen LogP contribution in [0.1, 0.15) is 17.7 Å². The van der Waals surface area contributed by atoms with Gasteiger partial charge in [-0.1, -0.05) is 6.07 Å². The van der Waals surface area contributed by atoms with Crippen molar-refractivity contribution in [2.75, 3.05) is 20.1 Å². The number of nitrogens with zero attached hydrogens (tertiary/aromatic N) is 2. The zero-order chi connectivity index (χ0) is 10.7. The SMILES string of the molecule is Cc1cccnc1CN(C)C1CCNC1.Cl. The zero-order valence-electron chi connectivity index (χ0n) is 9.94. The molecule has 0 aliphatic carbocycles. The molecule has 1 aliphatic rings. The average molecular weight is 242 g/mol. The van der Waals surface area contributed by atoms with Crippen LogP contribution < -0.4 is 5.32 Å². The van der Waals surface area contributed by atoms with Gasteiger partial charge in [0.05, 0.1) is 5.69 Å². The molecular weight excluding hydrogens is 222 g/mol. The van der Waals surface area contributed by atoms with Crippen molar-refractivity contribution in [1.29, 1.82) is 0 Å². The molecule has 2 heterocycles. The number of hydrogen-bond acceptors (Lipinski definition) is 3. The molecule has 1 N–H and O–H groups in total. The summed E-state index contributed by atoms with van der Waals surface area (Å²) in [7, 11) is 2.19. The van der Waals surface area contributed by atoms with Gasteiger partial charge < -0.3 is 5.32 Å². The van der Waals surface area contributed by atoms with E-state index in [2.05, 4.69) is 35.2 Å². The van der Waals surface area contributed by atoms with Crippen molar-refractivity contribution >= 4 is 12.4 Å². The van der Waals surface area contributed by atoms with E-state index in [-0.39, 0.29) is 12.4 Å². The van der Waals surface area contributed by atoms with Crippen molar-refractivity contribution in [3.63, 3.8) is 0 Å². The van der Waals surface area contributed by atoms with Crippen molar-refractivity contribution in [3.8, 4) is 0 Å². The Morgan fingerprint density at radius 2 is 2.38 bits per heavy atom. The molecule has 1 aromatic rings. The Kier molecular flexibility index (Phi) is 5.19. The predicted molar refractivity (Wildman–Crippen MR) is 69.0 cm³/mol. The van der Waals surface area contributed by atoms with E-state index in [9.17, 15) is 0 Å². The lowest BCUT2D eigenvalue weighted by molar-refractivity contribution is 0.245. The Morgan fingerprint density at radius 3 is 3.00 bits per heavy atom. The fourth-order valence-corrected chi connectivity index (χ4v) is 2.06. The molecule has 1 saturated heterocycles. The second kappa shape index (κ2) is 6.18. The second-order valence-corrected chi connectivity index (χ2v) is 4.33. The van der Waals surface area contributed by atoms with E-state index < -0.39 is 0 Å². The number of halogens is 1. The van der Waals surface area contributed by atoms with Crippen LogP contribution in [0.5, 0.6) is 0 Å². The summed E-state index contributed by atoms with van der Waals surface area (Å²) in [6.45, 7) is 5.35. The number of nitrogens with one attached hydrogen (secondary N) is 1. The van der Waals surface area contributed by atoms with Gasteiger partial charge >= 0.3 is 0 Å². The first-order chi connectivity index (χ1) is 7.27. The number of rotatable bonds is 3. The van der Waals surface area contributed by atoms with E-state index in [1.165, 1.54) is 17.7 Å². The molecule has 0 radical (unpaired) electrons. The van der Waals surface area contributed by atoms with Crippen molar-refractivity contribution in [2.24, 2.45) is 0 Å². The van der Waals surface area contributed by atoms with Gasteiger partial charge in [-0.15, -0.1) is 12.4 Å². The Morgan fingerprint density at radius 1 is 1.56 bits per heavy atom. The standard InChI is InChI=1S/C12H19N3.ClH/c1-10-4-3-6-14-12(10)9-15(2)11-5-7-13-8-11;/h3-4,6,11,13H,5,7-9H2,1-2H3;1H. The number of pyridine rings is 1. The van der Waals surface area contributed by atoms with Crippen LogP contribution in [-0.2, 0) is 6.54 Å². The van der Waals surface area contributed by atoms with Crippen molar-refractivity contribution in [3.05, 3.63) is 29.6 Å². The van der Waals surface area contributed by atoms with Crippen LogP contribution >= 0.6 is 12.4 Å². The number of hydrogen-bond donors (Lipinski definition) is 1. The maximum absolute atomic E-state index is 4.43. The molecule has 90 valence electrons. The van der Waals surface area contributed by atoms with E-state index in [1.807, 2.05) is 12.3 Å². The predicted octanol–water partition coefficient (Wildman–Crippen LogP) is 1.61. The number of likely N-dealkylation sites (N-methyl/N-ethyl adjacent to an activating group) is 1. The van der Waals surface area contributed by atoms with Gasteiger partial charge in [0, 0.05) is 25.3 Å². The summed E-state index contributed by atoms with van der Waals surface area (Å²) in [6, 6.07) is 4.80. The third-order valence-corrected chi connectivity index (χ3v) is 3.17. The highest BCUT2D eigenvalue weighted by molar-refractivity contribution is 5.85. The van der Waals surface area contributed by atoms with Crippen LogP contribution in [0.15, 0.2) is 18.3 Å². The first kappa shape index (κ1) is 13.4. The third-order valence-electron chi connectivity index (χ3n) is 3.17. The zero-order valence-corrected chi connectivity index (χ0v) is 10.8. The molecule has 4 heteroatoms. The maximum Gasteiger partial charge on any atom is 0.0573 e. The Labute approximate surface area is 104 Å². The molecule has 1 unspecified atom stereocenters. The summed E-state index contributed by atoms with van der Waals surface area (Å²) in [5.74, 6) is 0. The monoisotopic (exact) mass is 241 g/mol. The molecule has 16 heavy (non-hydrogen) atoms. The minimum Gasteiger partial charge on any atom is -0.315 e. The quantitative estimate of drug-likeness (QED) is 0.872. The smallest absolute Gasteiger partial charge is 0.0573 e. The molecule has 2 rings (SSSR count). The molecule has 0 aromatic carbocycles. The van der Waals surface area contributed by atoms with Crippen molar-refractivity contribution in [2.45, 2.75) is 25.9 Å². The summed E-state index contributed by atoms with van der Waals surface area (Å²) >= 11 is 0. The molecule has 1 aromatic heterocycles. The van der Waals surface area contributed by atoms with E-state index in [0.717, 1.165) is 19.6 Å². The average Bonchev–Trinajstić information content (AvgIpc) is 2.74. The van der Waals surface area contributed by atoms with Crippen LogP contribution in [-0.4, -0.2) is 36.1 Å². The molecule has 0 amide bonds. The van der Waals surface area contributed by atoms with Gasteiger partial charge in [-0.2, -0.15) is 0 Å². The van der Waals surface area contributed by atoms with E-state index >= 15 is 0 Å². The molecule has 0 spiro atoms. The highest BCUT2D eigenvalue weighted by Gasteiger charge is 2.19. The highest BCUT2D eigenvalue weighted by atomic mass is 35.5. The summed E-state index contributed by atoms with van der Waals surface area (Å²) < 4.78 is 0. The molecule has 1 fully saturated rings. The van der Waals surface area contributed by atoms with Gasteiger partial charge in [-0.05, 0) is 38.6 Å². The van der Waals surface area contributed by atoms with Crippen molar-refractivity contribution in [1.82, 2.24) is 15.2 Å². The fraction of sp³-hybridized carbons (Fsp3) is 0.583. The largest absolute Gasteiger partial charge is 0.315 e. The van der Waals surface area contributed by atoms with Gasteiger partial charge in [0.15, 0.2) is 0 Å². The number of aromatic nitrogens is 1. The maximum atomic E-state index is 4.43. The minimum atomic E-state index is 0. The minimum absolute atomic E-state index is 0. The van der Waals surface area contributed by atoms with Crippen LogP contribution in [0.3, 0.4) is 0 Å². The third kappa shape index (κ3) is 3.17. The van der Waals surface area contributed by atoms with Crippen LogP contribution in [0.25, 0.3) is 0 Å². The lowest BCUT2D eigenvalue weighted by Crippen LogP contribution is -2.33.